The van der Waals surface area contributed by atoms with Crippen LogP contribution < -0.4 is 11.1 Å². The van der Waals surface area contributed by atoms with Crippen LogP contribution in [0.4, 0.5) is 29.3 Å². The normalized spacial score (nSPS) is 16.4. The fourth-order valence-corrected chi connectivity index (χ4v) is 7.34. The molecule has 2 aliphatic heterocycles. The van der Waals surface area contributed by atoms with Crippen LogP contribution in [0.1, 0.15) is 60.5 Å². The molecule has 1 unspecified atom stereocenters. The second-order valence-electron chi connectivity index (χ2n) is 12.8. The van der Waals surface area contributed by atoms with Crippen molar-refractivity contribution in [3.8, 4) is 0 Å². The average Bonchev–Trinajstić information content (AvgIpc) is 3.35. The third-order valence-electron chi connectivity index (χ3n) is 9.64. The zero-order valence-electron chi connectivity index (χ0n) is 27.1. The lowest BCUT2D eigenvalue weighted by atomic mass is 9.92. The van der Waals surface area contributed by atoms with Gasteiger partial charge in [-0.3, -0.25) is 4.79 Å². The van der Waals surface area contributed by atoms with E-state index in [0.717, 1.165) is 29.3 Å². The Morgan fingerprint density at radius 1 is 1.06 bits per heavy atom. The van der Waals surface area contributed by atoms with Crippen molar-refractivity contribution in [2.45, 2.75) is 69.6 Å². The van der Waals surface area contributed by atoms with Crippen molar-refractivity contribution in [1.82, 2.24) is 19.4 Å². The number of aromatic nitrogens is 2. The highest BCUT2D eigenvalue weighted by Gasteiger charge is 2.36. The number of carbonyl (C=O) groups is 2. The molecule has 9 nitrogen and oxygen atoms in total. The Morgan fingerprint density at radius 3 is 2.55 bits per heavy atom. The first-order valence-corrected chi connectivity index (χ1v) is 17.1. The van der Waals surface area contributed by atoms with Gasteiger partial charge >= 0.3 is 12.2 Å². The number of rotatable bonds is 10. The molecule has 0 radical (unpaired) electrons. The second kappa shape index (κ2) is 14.7. The number of halogens is 4. The zero-order chi connectivity index (χ0) is 34.7. The van der Waals surface area contributed by atoms with E-state index in [0.29, 0.717) is 68.8 Å². The number of alkyl halides is 3. The van der Waals surface area contributed by atoms with Gasteiger partial charge in [-0.1, -0.05) is 41.9 Å². The number of nitrogens with one attached hydrogen (secondary N) is 1. The number of anilines is 2. The number of unbranched alkanes of at least 4 members (excludes halogenated alkanes) is 1. The largest absolute Gasteiger partial charge is 0.418 e. The third-order valence-corrected chi connectivity index (χ3v) is 9.95. The van der Waals surface area contributed by atoms with Gasteiger partial charge in [0.1, 0.15) is 5.82 Å². The number of aliphatic hydroxyl groups is 1. The Labute approximate surface area is 287 Å². The Kier molecular flexibility index (Phi) is 10.4. The van der Waals surface area contributed by atoms with E-state index in [1.807, 2.05) is 58.0 Å². The number of fused-ring (bicyclic) bond motifs is 2. The van der Waals surface area contributed by atoms with E-state index >= 15 is 0 Å². The van der Waals surface area contributed by atoms with Crippen LogP contribution in [0.25, 0.3) is 11.0 Å². The number of hydrogen-bond donors (Lipinski definition) is 3. The highest BCUT2D eigenvalue weighted by atomic mass is 35.5. The van der Waals surface area contributed by atoms with E-state index in [9.17, 15) is 27.9 Å². The molecule has 3 heterocycles. The summed E-state index contributed by atoms with van der Waals surface area (Å²) in [5.74, 6) is -0.130. The first kappa shape index (κ1) is 34.6. The van der Waals surface area contributed by atoms with Gasteiger partial charge in [-0.25, -0.2) is 9.78 Å². The summed E-state index contributed by atoms with van der Waals surface area (Å²) >= 11 is 6.21. The average molecular weight is 697 g/mol. The maximum absolute atomic E-state index is 14.0. The van der Waals surface area contributed by atoms with Gasteiger partial charge in [0, 0.05) is 56.9 Å². The number of amides is 3. The van der Waals surface area contributed by atoms with Crippen molar-refractivity contribution < 1.29 is 27.9 Å². The smallest absolute Gasteiger partial charge is 0.397 e. The van der Waals surface area contributed by atoms with Crippen molar-refractivity contribution in [3.63, 3.8) is 0 Å². The van der Waals surface area contributed by atoms with Gasteiger partial charge in [-0.2, -0.15) is 13.2 Å². The van der Waals surface area contributed by atoms with Crippen LogP contribution in [-0.2, 0) is 30.4 Å². The zero-order valence-corrected chi connectivity index (χ0v) is 27.8. The molecule has 13 heteroatoms. The third kappa shape index (κ3) is 7.65. The SMILES string of the molecule is Nc1c(Cl)cc(CC(CC(=O)N2CCC(N3CCc4ccccc4NC3=O)CC2)c2nc3ccccc3n2CCCCO)cc1C(F)(F)F. The Bertz CT molecular complexity index is 1820. The summed E-state index contributed by atoms with van der Waals surface area (Å²) in [5, 5.41) is 12.3. The van der Waals surface area contributed by atoms with Crippen LogP contribution in [0.2, 0.25) is 5.02 Å². The van der Waals surface area contributed by atoms with Gasteiger partial charge in [0.25, 0.3) is 0 Å². The van der Waals surface area contributed by atoms with E-state index in [1.54, 1.807) is 4.90 Å². The number of likely N-dealkylation sites (tertiary alicyclic amines) is 1. The van der Waals surface area contributed by atoms with Crippen molar-refractivity contribution in [2.75, 3.05) is 37.3 Å². The first-order valence-electron chi connectivity index (χ1n) is 16.7. The summed E-state index contributed by atoms with van der Waals surface area (Å²) in [6.07, 6.45) is -1.44. The summed E-state index contributed by atoms with van der Waals surface area (Å²) in [5.41, 5.74) is 7.94. The molecule has 1 saturated heterocycles. The molecule has 0 spiro atoms. The molecule has 260 valence electrons. The standard InChI is InChI=1S/C36H40ClF3N6O3/c37-28-21-23(20-27(33(28)41)36(38,39)40)19-25(34-42-30-9-3-4-10-31(30)46(34)14-5-6-18-47)22-32(48)44-15-12-26(13-16-44)45-17-11-24-7-1-2-8-29(24)43-35(45)49/h1-4,7-10,20-21,25-26,47H,5-6,11-19,22,41H2,(H,43,49). The number of urea groups is 1. The van der Waals surface area contributed by atoms with Gasteiger partial charge in [0.2, 0.25) is 5.91 Å². The van der Waals surface area contributed by atoms with E-state index < -0.39 is 23.3 Å². The number of aliphatic hydroxyl groups excluding tert-OH is 1. The Hall–Kier alpha value is -4.29. The lowest BCUT2D eigenvalue weighted by molar-refractivity contribution is -0.137. The second-order valence-corrected chi connectivity index (χ2v) is 13.2. The number of nitrogens with two attached hydrogens (primary N) is 1. The fourth-order valence-electron chi connectivity index (χ4n) is 7.09. The molecule has 0 bridgehead atoms. The van der Waals surface area contributed by atoms with E-state index in [2.05, 4.69) is 5.32 Å². The molecular weight excluding hydrogens is 657 g/mol. The molecule has 4 N–H and O–H groups in total. The highest BCUT2D eigenvalue weighted by molar-refractivity contribution is 6.33. The number of nitrogen functional groups attached to an aromatic ring is 1. The Balaban J connectivity index is 1.24. The lowest BCUT2D eigenvalue weighted by Gasteiger charge is -2.38. The highest BCUT2D eigenvalue weighted by Crippen LogP contribution is 2.39. The minimum atomic E-state index is -4.70. The van der Waals surface area contributed by atoms with Crippen molar-refractivity contribution in [1.29, 1.82) is 0 Å². The van der Waals surface area contributed by atoms with Crippen LogP contribution >= 0.6 is 11.6 Å². The van der Waals surface area contributed by atoms with Crippen LogP contribution in [0.15, 0.2) is 60.7 Å². The summed E-state index contributed by atoms with van der Waals surface area (Å²) in [6.45, 7) is 2.03. The molecule has 0 aliphatic carbocycles. The number of hydrogen-bond acceptors (Lipinski definition) is 5. The van der Waals surface area contributed by atoms with E-state index in [1.165, 1.54) is 6.07 Å². The van der Waals surface area contributed by atoms with Gasteiger partial charge in [0.15, 0.2) is 0 Å². The molecule has 2 aliphatic rings. The van der Waals surface area contributed by atoms with Gasteiger partial charge < -0.3 is 30.5 Å². The molecular formula is C36H40ClF3N6O3. The molecule has 49 heavy (non-hydrogen) atoms. The number of para-hydroxylation sites is 3. The van der Waals surface area contributed by atoms with Crippen LogP contribution in [0, 0.1) is 0 Å². The number of carbonyl (C=O) groups excluding carboxylic acids is 2. The van der Waals surface area contributed by atoms with Crippen molar-refractivity contribution in [3.05, 3.63) is 88.2 Å². The summed E-state index contributed by atoms with van der Waals surface area (Å²) in [7, 11) is 0. The molecule has 1 atom stereocenters. The lowest BCUT2D eigenvalue weighted by Crippen LogP contribution is -2.50. The predicted molar refractivity (Wildman–Crippen MR) is 183 cm³/mol. The summed E-state index contributed by atoms with van der Waals surface area (Å²) in [6, 6.07) is 17.6. The van der Waals surface area contributed by atoms with E-state index in [-0.39, 0.29) is 42.5 Å². The van der Waals surface area contributed by atoms with Crippen molar-refractivity contribution >= 4 is 45.9 Å². The van der Waals surface area contributed by atoms with Crippen LogP contribution in [0.3, 0.4) is 0 Å². The number of aryl methyl sites for hydroxylation is 1. The summed E-state index contributed by atoms with van der Waals surface area (Å²) in [4.78, 5) is 35.7. The number of imidazole rings is 1. The maximum atomic E-state index is 14.0. The van der Waals surface area contributed by atoms with E-state index in [4.69, 9.17) is 22.3 Å². The number of benzene rings is 3. The maximum Gasteiger partial charge on any atom is 0.418 e. The minimum Gasteiger partial charge on any atom is -0.397 e. The monoisotopic (exact) mass is 696 g/mol. The molecule has 4 aromatic rings. The quantitative estimate of drug-likeness (QED) is 0.124. The molecule has 0 saturated carbocycles. The fraction of sp³-hybridized carbons (Fsp3) is 0.417. The Morgan fingerprint density at radius 2 is 1.80 bits per heavy atom. The molecule has 1 fully saturated rings. The molecule has 3 amide bonds. The molecule has 6 rings (SSSR count). The predicted octanol–water partition coefficient (Wildman–Crippen LogP) is 6.86. The minimum absolute atomic E-state index is 0.0108. The topological polar surface area (TPSA) is 117 Å². The van der Waals surface area contributed by atoms with Crippen LogP contribution in [-0.4, -0.2) is 68.7 Å². The number of nitrogens with zero attached hydrogens (tertiary/aromatic N) is 4. The summed E-state index contributed by atoms with van der Waals surface area (Å²) < 4.78 is 43.8. The number of piperidine rings is 1. The van der Waals surface area contributed by atoms with Gasteiger partial charge in [-0.05, 0) is 80.0 Å². The molecule has 3 aromatic carbocycles. The van der Waals surface area contributed by atoms with Crippen LogP contribution in [0.5, 0.6) is 0 Å². The van der Waals surface area contributed by atoms with Gasteiger partial charge in [0.05, 0.1) is 27.3 Å². The molecule has 1 aromatic heterocycles. The van der Waals surface area contributed by atoms with Crippen molar-refractivity contribution in [2.24, 2.45) is 0 Å². The van der Waals surface area contributed by atoms with Gasteiger partial charge in [-0.15, -0.1) is 0 Å². The first-order chi connectivity index (χ1) is 23.5.